The van der Waals surface area contributed by atoms with Gasteiger partial charge in [-0.15, -0.1) is 0 Å². The minimum absolute atomic E-state index is 0.0459. The molecule has 1 aromatic rings. The molecule has 10 nitrogen and oxygen atoms in total. The zero-order valence-corrected chi connectivity index (χ0v) is 22.2. The third kappa shape index (κ3) is 6.31. The normalized spacial score (nSPS) is 25.0. The predicted octanol–water partition coefficient (Wildman–Crippen LogP) is 2.90. The lowest BCUT2D eigenvalue weighted by molar-refractivity contribution is -0.0199. The van der Waals surface area contributed by atoms with Crippen LogP contribution in [0.1, 0.15) is 44.9 Å². The van der Waals surface area contributed by atoms with Gasteiger partial charge in [-0.3, -0.25) is 4.90 Å². The summed E-state index contributed by atoms with van der Waals surface area (Å²) in [5.74, 6) is 0. The van der Waals surface area contributed by atoms with Crippen LogP contribution < -0.4 is 0 Å². The molecule has 2 atom stereocenters. The van der Waals surface area contributed by atoms with Crippen LogP contribution >= 0.6 is 11.6 Å². The Kier molecular flexibility index (Phi) is 9.10. The molecule has 1 amide bonds. The van der Waals surface area contributed by atoms with Gasteiger partial charge in [0, 0.05) is 50.1 Å². The summed E-state index contributed by atoms with van der Waals surface area (Å²) in [6.07, 6.45) is 3.41. The van der Waals surface area contributed by atoms with Gasteiger partial charge in [-0.2, -0.15) is 4.31 Å². The van der Waals surface area contributed by atoms with Crippen LogP contribution in [0.3, 0.4) is 0 Å². The first-order valence-corrected chi connectivity index (χ1v) is 14.3. The number of nitrogens with zero attached hydrogens (tertiary/aromatic N) is 4. The lowest BCUT2D eigenvalue weighted by Crippen LogP contribution is -2.53. The minimum Gasteiger partial charge on any atom is -0.448 e. The van der Waals surface area contributed by atoms with E-state index in [1.54, 1.807) is 12.0 Å². The van der Waals surface area contributed by atoms with E-state index >= 15 is 0 Å². The monoisotopic (exact) mass is 542 g/mol. The number of piperidine rings is 3. The molecule has 1 aromatic carbocycles. The Hall–Kier alpha value is -1.92. The summed E-state index contributed by atoms with van der Waals surface area (Å²) in [6, 6.07) is 5.62. The van der Waals surface area contributed by atoms with Gasteiger partial charge in [-0.1, -0.05) is 16.8 Å². The molecule has 3 aliphatic rings. The third-order valence-corrected chi connectivity index (χ3v) is 9.49. The number of likely N-dealkylation sites (tertiary alicyclic amines) is 2. The van der Waals surface area contributed by atoms with Gasteiger partial charge in [0.05, 0.1) is 16.6 Å². The first kappa shape index (κ1) is 27.1. The molecular formula is C24H35ClN4O6S. The van der Waals surface area contributed by atoms with Gasteiger partial charge in [-0.25, -0.2) is 13.2 Å². The maximum atomic E-state index is 13.3. The van der Waals surface area contributed by atoms with Gasteiger partial charge in [-0.05, 0) is 56.4 Å². The van der Waals surface area contributed by atoms with Crippen molar-refractivity contribution < 1.29 is 27.9 Å². The lowest BCUT2D eigenvalue weighted by Gasteiger charge is -2.40. The van der Waals surface area contributed by atoms with Gasteiger partial charge in [0.1, 0.15) is 19.9 Å². The van der Waals surface area contributed by atoms with Gasteiger partial charge in [0.25, 0.3) is 0 Å². The van der Waals surface area contributed by atoms with E-state index in [2.05, 4.69) is 10.1 Å². The molecule has 200 valence electrons. The maximum absolute atomic E-state index is 13.3. The van der Waals surface area contributed by atoms with E-state index in [0.717, 1.165) is 48.8 Å². The van der Waals surface area contributed by atoms with E-state index in [1.165, 1.54) is 24.3 Å². The zero-order valence-electron chi connectivity index (χ0n) is 20.6. The van der Waals surface area contributed by atoms with E-state index < -0.39 is 28.4 Å². The second kappa shape index (κ2) is 12.1. The van der Waals surface area contributed by atoms with Crippen LogP contribution in [0, 0.1) is 0 Å². The smallest absolute Gasteiger partial charge is 0.409 e. The van der Waals surface area contributed by atoms with E-state index in [0.29, 0.717) is 43.4 Å². The number of benzene rings is 1. The molecule has 4 rings (SSSR count). The molecule has 36 heavy (non-hydrogen) atoms. The van der Waals surface area contributed by atoms with Crippen molar-refractivity contribution in [2.45, 2.75) is 68.2 Å². The summed E-state index contributed by atoms with van der Waals surface area (Å²) < 4.78 is 33.2. The number of aliphatic hydroxyl groups is 1. The van der Waals surface area contributed by atoms with E-state index in [1.807, 2.05) is 0 Å². The molecular weight excluding hydrogens is 508 g/mol. The van der Waals surface area contributed by atoms with Crippen molar-refractivity contribution in [3.05, 3.63) is 29.3 Å². The number of hydrogen-bond donors (Lipinski definition) is 1. The Morgan fingerprint density at radius 2 is 1.75 bits per heavy atom. The number of sulfonamides is 1. The second-order valence-corrected chi connectivity index (χ2v) is 11.8. The van der Waals surface area contributed by atoms with Crippen molar-refractivity contribution in [2.75, 3.05) is 39.9 Å². The topological polar surface area (TPSA) is 112 Å². The summed E-state index contributed by atoms with van der Waals surface area (Å²) in [5.41, 5.74) is 1.09. The summed E-state index contributed by atoms with van der Waals surface area (Å²) >= 11 is 5.90. The minimum atomic E-state index is -3.98. The molecule has 3 saturated heterocycles. The van der Waals surface area contributed by atoms with Crippen molar-refractivity contribution in [3.63, 3.8) is 0 Å². The summed E-state index contributed by atoms with van der Waals surface area (Å²) in [4.78, 5) is 21.9. The number of carbonyl (C=O) groups is 1. The highest BCUT2D eigenvalue weighted by Gasteiger charge is 2.40. The Bertz CT molecular complexity index is 1020. The van der Waals surface area contributed by atoms with Crippen LogP contribution in [0.25, 0.3) is 0 Å². The number of halogens is 1. The molecule has 0 unspecified atom stereocenters. The second-order valence-electron chi connectivity index (χ2n) is 9.53. The average molecular weight is 543 g/mol. The maximum Gasteiger partial charge on any atom is 0.409 e. The number of ether oxygens (including phenoxy) is 1. The predicted molar refractivity (Wildman–Crippen MR) is 135 cm³/mol. The molecule has 0 aliphatic carbocycles. The van der Waals surface area contributed by atoms with Crippen LogP contribution in [0.15, 0.2) is 34.3 Å². The summed E-state index contributed by atoms with van der Waals surface area (Å²) in [6.45, 7) is 2.98. The average Bonchev–Trinajstić information content (AvgIpc) is 2.88. The number of amides is 1. The van der Waals surface area contributed by atoms with Crippen LogP contribution in [-0.2, 0) is 19.6 Å². The molecule has 0 spiro atoms. The fourth-order valence-corrected chi connectivity index (χ4v) is 7.15. The first-order valence-electron chi connectivity index (χ1n) is 12.5. The van der Waals surface area contributed by atoms with Crippen molar-refractivity contribution >= 4 is 33.4 Å². The van der Waals surface area contributed by atoms with Crippen molar-refractivity contribution in [3.8, 4) is 0 Å². The van der Waals surface area contributed by atoms with E-state index in [9.17, 15) is 18.3 Å². The highest BCUT2D eigenvalue weighted by Crippen LogP contribution is 2.30. The van der Waals surface area contributed by atoms with Crippen molar-refractivity contribution in [1.82, 2.24) is 14.1 Å². The molecule has 3 heterocycles. The fourth-order valence-electron chi connectivity index (χ4n) is 5.32. The first-order chi connectivity index (χ1) is 17.3. The van der Waals surface area contributed by atoms with Gasteiger partial charge in [0.15, 0.2) is 0 Å². The van der Waals surface area contributed by atoms with Crippen LogP contribution in [0.2, 0.25) is 5.02 Å². The molecule has 3 aliphatic heterocycles. The largest absolute Gasteiger partial charge is 0.448 e. The molecule has 0 saturated carbocycles. The number of aliphatic hydroxyl groups excluding tert-OH is 1. The SMILES string of the molecule is CON=C1CCN(C2CCN(C(=O)OC[C@H]3CCC[C@@H](O)N3S(=O)(=O)c3ccc(Cl)cc3)CC2)CC1. The van der Waals surface area contributed by atoms with Crippen LogP contribution in [-0.4, -0.2) is 97.6 Å². The Balaban J connectivity index is 1.30. The quantitative estimate of drug-likeness (QED) is 0.550. The molecule has 0 bridgehead atoms. The molecule has 0 aromatic heterocycles. The summed E-state index contributed by atoms with van der Waals surface area (Å²) in [7, 11) is -2.41. The molecule has 12 heteroatoms. The third-order valence-electron chi connectivity index (χ3n) is 7.28. The highest BCUT2D eigenvalue weighted by atomic mass is 35.5. The van der Waals surface area contributed by atoms with E-state index in [4.69, 9.17) is 21.2 Å². The number of hydrogen-bond acceptors (Lipinski definition) is 8. The summed E-state index contributed by atoms with van der Waals surface area (Å²) in [5, 5.41) is 15.0. The number of carbonyl (C=O) groups excluding carboxylic acids is 1. The lowest BCUT2D eigenvalue weighted by atomic mass is 9.99. The fraction of sp³-hybridized carbons (Fsp3) is 0.667. The molecule has 0 radical (unpaired) electrons. The van der Waals surface area contributed by atoms with Gasteiger partial charge < -0.3 is 19.6 Å². The molecule has 1 N–H and O–H groups in total. The number of rotatable bonds is 6. The van der Waals surface area contributed by atoms with Gasteiger partial charge in [0.2, 0.25) is 10.0 Å². The highest BCUT2D eigenvalue weighted by molar-refractivity contribution is 7.89. The molecule has 3 fully saturated rings. The Morgan fingerprint density at radius 1 is 1.08 bits per heavy atom. The van der Waals surface area contributed by atoms with Crippen LogP contribution in [0.4, 0.5) is 4.79 Å². The van der Waals surface area contributed by atoms with E-state index in [-0.39, 0.29) is 11.5 Å². The van der Waals surface area contributed by atoms with Crippen molar-refractivity contribution in [2.24, 2.45) is 5.16 Å². The zero-order chi connectivity index (χ0) is 25.7. The van der Waals surface area contributed by atoms with Crippen LogP contribution in [0.5, 0.6) is 0 Å². The standard InChI is InChI=1S/C24H35ClN4O6S/c1-34-26-19-9-13-27(14-10-19)20-11-15-28(16-12-20)24(31)35-17-21-3-2-4-23(30)29(21)36(32,33)22-7-5-18(25)6-8-22/h5-8,20-21,23,30H,2-4,9-17H2,1H3/t21-,23-/m1/s1. The Labute approximate surface area is 217 Å². The van der Waals surface area contributed by atoms with Crippen molar-refractivity contribution in [1.29, 1.82) is 0 Å². The Morgan fingerprint density at radius 3 is 2.39 bits per heavy atom. The number of oxime groups is 1. The van der Waals surface area contributed by atoms with Gasteiger partial charge >= 0.3 is 6.09 Å².